The van der Waals surface area contributed by atoms with Gasteiger partial charge in [0.05, 0.1) is 20.1 Å². The first-order valence-corrected chi connectivity index (χ1v) is 10.7. The number of amides is 1. The van der Waals surface area contributed by atoms with Crippen molar-refractivity contribution in [1.82, 2.24) is 9.88 Å². The Labute approximate surface area is 171 Å². The topological polar surface area (TPSA) is 36.4 Å². The maximum Gasteiger partial charge on any atom is 0.256 e. The van der Waals surface area contributed by atoms with E-state index < -0.39 is 0 Å². The maximum absolute atomic E-state index is 12.6. The molecule has 2 aromatic heterocycles. The molecule has 4 rings (SSSR count). The average Bonchev–Trinajstić information content (AvgIpc) is 3.16. The van der Waals surface area contributed by atoms with Crippen LogP contribution in [0.3, 0.4) is 0 Å². The van der Waals surface area contributed by atoms with Crippen molar-refractivity contribution in [3.63, 3.8) is 0 Å². The molecule has 1 aliphatic rings. The van der Waals surface area contributed by atoms with Crippen LogP contribution in [0.4, 0.5) is 5.13 Å². The van der Waals surface area contributed by atoms with E-state index in [1.165, 1.54) is 11.3 Å². The molecule has 1 amide bonds. The second-order valence-electron chi connectivity index (χ2n) is 5.63. The monoisotopic (exact) mass is 475 g/mol. The van der Waals surface area contributed by atoms with E-state index in [0.29, 0.717) is 27.3 Å². The Kier molecular flexibility index (Phi) is 4.94. The highest BCUT2D eigenvalue weighted by Gasteiger charge is 2.26. The van der Waals surface area contributed by atoms with Crippen LogP contribution >= 0.6 is 61.8 Å². The number of thiazole rings is 1. The van der Waals surface area contributed by atoms with Crippen LogP contribution in [0.25, 0.3) is 10.2 Å². The van der Waals surface area contributed by atoms with Crippen LogP contribution in [-0.2, 0) is 0 Å². The number of carbonyl (C=O) groups is 1. The van der Waals surface area contributed by atoms with Crippen LogP contribution in [0, 0.1) is 0 Å². The van der Waals surface area contributed by atoms with Gasteiger partial charge in [-0.2, -0.15) is 0 Å². The molecular weight excluding hydrogens is 465 g/mol. The average molecular weight is 477 g/mol. The summed E-state index contributed by atoms with van der Waals surface area (Å²) in [4.78, 5) is 21.4. The smallest absolute Gasteiger partial charge is 0.256 e. The van der Waals surface area contributed by atoms with E-state index in [1.54, 1.807) is 17.4 Å². The van der Waals surface area contributed by atoms with Crippen molar-refractivity contribution >= 4 is 83.1 Å². The van der Waals surface area contributed by atoms with Gasteiger partial charge < -0.3 is 9.80 Å². The fourth-order valence-corrected chi connectivity index (χ4v) is 5.80. The number of fused-ring (bicyclic) bond motifs is 1. The normalized spacial score (nSPS) is 15.2. The zero-order valence-corrected chi connectivity index (χ0v) is 17.6. The molecule has 0 unspecified atom stereocenters. The van der Waals surface area contributed by atoms with Gasteiger partial charge in [-0.3, -0.25) is 4.79 Å². The van der Waals surface area contributed by atoms with E-state index in [2.05, 4.69) is 26.9 Å². The van der Waals surface area contributed by atoms with Crippen LogP contribution in [-0.4, -0.2) is 42.0 Å². The van der Waals surface area contributed by atoms with Crippen LogP contribution < -0.4 is 4.90 Å². The molecule has 1 fully saturated rings. The number of carbonyl (C=O) groups excluding carboxylic acids is 1. The van der Waals surface area contributed by atoms with Gasteiger partial charge in [0.2, 0.25) is 0 Å². The third-order valence-electron chi connectivity index (χ3n) is 4.06. The SMILES string of the molecule is O=C(c1cc(Cl)sc1Cl)N1CCN(c2nc3ccc(Br)cc3s2)CC1. The predicted molar refractivity (Wildman–Crippen MR) is 110 cm³/mol. The predicted octanol–water partition coefficient (Wildman–Crippen LogP) is 5.39. The number of hydrogen-bond acceptors (Lipinski definition) is 5. The number of hydrogen-bond donors (Lipinski definition) is 0. The maximum atomic E-state index is 12.6. The summed E-state index contributed by atoms with van der Waals surface area (Å²) in [6.07, 6.45) is 0. The zero-order valence-electron chi connectivity index (χ0n) is 12.8. The molecule has 1 aliphatic heterocycles. The molecule has 9 heteroatoms. The van der Waals surface area contributed by atoms with Crippen molar-refractivity contribution < 1.29 is 4.79 Å². The molecule has 1 saturated heterocycles. The summed E-state index contributed by atoms with van der Waals surface area (Å²) in [6, 6.07) is 7.74. The fraction of sp³-hybridized carbons (Fsp3) is 0.250. The zero-order chi connectivity index (χ0) is 17.6. The minimum Gasteiger partial charge on any atom is -0.345 e. The number of nitrogens with zero attached hydrogens (tertiary/aromatic N) is 3. The Bertz CT molecular complexity index is 950. The van der Waals surface area contributed by atoms with Crippen LogP contribution in [0.15, 0.2) is 28.7 Å². The Balaban J connectivity index is 1.47. The standard InChI is InChI=1S/C16H12BrCl2N3OS2/c17-9-1-2-11-12(7-9)24-16(20-11)22-5-3-21(4-6-22)15(23)10-8-13(18)25-14(10)19/h1-2,7-8H,3-6H2. The second kappa shape index (κ2) is 7.04. The lowest BCUT2D eigenvalue weighted by molar-refractivity contribution is 0.0747. The summed E-state index contributed by atoms with van der Waals surface area (Å²) >= 11 is 18.4. The van der Waals surface area contributed by atoms with Crippen molar-refractivity contribution in [2.75, 3.05) is 31.1 Å². The third kappa shape index (κ3) is 3.53. The number of thiophene rings is 1. The summed E-state index contributed by atoms with van der Waals surface area (Å²) < 4.78 is 3.20. The van der Waals surface area contributed by atoms with E-state index in [4.69, 9.17) is 28.2 Å². The molecule has 0 spiro atoms. The lowest BCUT2D eigenvalue weighted by atomic mass is 10.2. The summed E-state index contributed by atoms with van der Waals surface area (Å²) in [6.45, 7) is 2.79. The van der Waals surface area contributed by atoms with Gasteiger partial charge in [-0.15, -0.1) is 11.3 Å². The molecule has 130 valence electrons. The van der Waals surface area contributed by atoms with E-state index >= 15 is 0 Å². The Hall–Kier alpha value is -0.860. The molecule has 0 N–H and O–H groups in total. The highest BCUT2D eigenvalue weighted by Crippen LogP contribution is 2.33. The summed E-state index contributed by atoms with van der Waals surface area (Å²) in [5, 5.41) is 0.997. The highest BCUT2D eigenvalue weighted by molar-refractivity contribution is 9.10. The van der Waals surface area contributed by atoms with Crippen molar-refractivity contribution in [1.29, 1.82) is 0 Å². The van der Waals surface area contributed by atoms with Gasteiger partial charge in [0, 0.05) is 30.7 Å². The van der Waals surface area contributed by atoms with E-state index in [9.17, 15) is 4.79 Å². The minimum atomic E-state index is -0.0546. The van der Waals surface area contributed by atoms with Gasteiger partial charge in [0.1, 0.15) is 4.34 Å². The van der Waals surface area contributed by atoms with Gasteiger partial charge in [-0.1, -0.05) is 50.5 Å². The lowest BCUT2D eigenvalue weighted by Gasteiger charge is -2.34. The largest absolute Gasteiger partial charge is 0.345 e. The van der Waals surface area contributed by atoms with Gasteiger partial charge in [-0.25, -0.2) is 4.98 Å². The van der Waals surface area contributed by atoms with Crippen LogP contribution in [0.5, 0.6) is 0 Å². The minimum absolute atomic E-state index is 0.0546. The fourth-order valence-electron chi connectivity index (χ4n) is 2.78. The Morgan fingerprint density at radius 2 is 1.88 bits per heavy atom. The Morgan fingerprint density at radius 1 is 1.12 bits per heavy atom. The van der Waals surface area contributed by atoms with E-state index in [-0.39, 0.29) is 5.91 Å². The van der Waals surface area contributed by atoms with E-state index in [0.717, 1.165) is 32.9 Å². The summed E-state index contributed by atoms with van der Waals surface area (Å²) in [5.41, 5.74) is 1.50. The van der Waals surface area contributed by atoms with Crippen molar-refractivity contribution in [3.05, 3.63) is 43.0 Å². The summed E-state index contributed by atoms with van der Waals surface area (Å²) in [7, 11) is 0. The highest BCUT2D eigenvalue weighted by atomic mass is 79.9. The molecule has 0 bridgehead atoms. The molecule has 3 heterocycles. The Morgan fingerprint density at radius 3 is 2.56 bits per heavy atom. The molecule has 0 aliphatic carbocycles. The molecule has 0 radical (unpaired) electrons. The summed E-state index contributed by atoms with van der Waals surface area (Å²) in [5.74, 6) is -0.0546. The number of halogens is 3. The van der Waals surface area contributed by atoms with Crippen molar-refractivity contribution in [2.45, 2.75) is 0 Å². The molecule has 1 aromatic carbocycles. The van der Waals surface area contributed by atoms with Crippen LogP contribution in [0.2, 0.25) is 8.67 Å². The molecule has 25 heavy (non-hydrogen) atoms. The first-order valence-electron chi connectivity index (χ1n) is 7.56. The first kappa shape index (κ1) is 17.5. The number of anilines is 1. The third-order valence-corrected chi connectivity index (χ3v) is 7.12. The van der Waals surface area contributed by atoms with Gasteiger partial charge >= 0.3 is 0 Å². The lowest BCUT2D eigenvalue weighted by Crippen LogP contribution is -2.48. The quantitative estimate of drug-likeness (QED) is 0.497. The van der Waals surface area contributed by atoms with Gasteiger partial charge in [0.15, 0.2) is 5.13 Å². The number of piperazine rings is 1. The molecule has 0 saturated carbocycles. The number of benzene rings is 1. The molecule has 3 aromatic rings. The van der Waals surface area contributed by atoms with Gasteiger partial charge in [0.25, 0.3) is 5.91 Å². The van der Waals surface area contributed by atoms with Gasteiger partial charge in [-0.05, 0) is 24.3 Å². The van der Waals surface area contributed by atoms with Crippen molar-refractivity contribution in [2.24, 2.45) is 0 Å². The first-order chi connectivity index (χ1) is 12.0. The number of aromatic nitrogens is 1. The van der Waals surface area contributed by atoms with E-state index in [1.807, 2.05) is 17.0 Å². The molecule has 4 nitrogen and oxygen atoms in total. The molecule has 0 atom stereocenters. The molecular formula is C16H12BrCl2N3OS2. The number of rotatable bonds is 2. The second-order valence-corrected chi connectivity index (χ2v) is 9.84. The van der Waals surface area contributed by atoms with Crippen molar-refractivity contribution in [3.8, 4) is 0 Å². The van der Waals surface area contributed by atoms with Crippen LogP contribution in [0.1, 0.15) is 10.4 Å².